The number of rotatable bonds is 3. The standard InChI is InChI=1S/C15H28N4O.HI/c1-4-16-15(17-9-14(20)18(2)3)19-10-12-7-5-6-8-13(12)11-19;/h12-13H,4-11H2,1-3H3,(H,16,17);1H. The molecule has 0 bridgehead atoms. The summed E-state index contributed by atoms with van der Waals surface area (Å²) in [6.45, 7) is 5.37. The van der Waals surface area contributed by atoms with Crippen LogP contribution >= 0.6 is 24.0 Å². The van der Waals surface area contributed by atoms with Crippen LogP contribution < -0.4 is 5.32 Å². The van der Waals surface area contributed by atoms with E-state index in [-0.39, 0.29) is 36.4 Å². The van der Waals surface area contributed by atoms with Gasteiger partial charge in [0.15, 0.2) is 5.96 Å². The molecule has 0 aromatic rings. The van der Waals surface area contributed by atoms with Gasteiger partial charge in [-0.25, -0.2) is 4.99 Å². The number of carbonyl (C=O) groups excluding carboxylic acids is 1. The van der Waals surface area contributed by atoms with Crippen LogP contribution in [0.2, 0.25) is 0 Å². The fraction of sp³-hybridized carbons (Fsp3) is 0.867. The summed E-state index contributed by atoms with van der Waals surface area (Å²) in [6, 6.07) is 0. The van der Waals surface area contributed by atoms with Gasteiger partial charge in [-0.1, -0.05) is 12.8 Å². The molecule has 2 fully saturated rings. The summed E-state index contributed by atoms with van der Waals surface area (Å²) in [5.41, 5.74) is 0. The van der Waals surface area contributed by atoms with Gasteiger partial charge >= 0.3 is 0 Å². The minimum absolute atomic E-state index is 0. The van der Waals surface area contributed by atoms with Gasteiger partial charge < -0.3 is 15.1 Å². The first-order valence-corrected chi connectivity index (χ1v) is 7.85. The van der Waals surface area contributed by atoms with Crippen LogP contribution in [0, 0.1) is 11.8 Å². The summed E-state index contributed by atoms with van der Waals surface area (Å²) in [5, 5.41) is 3.33. The average molecular weight is 408 g/mol. The van der Waals surface area contributed by atoms with E-state index < -0.39 is 0 Å². The van der Waals surface area contributed by atoms with Gasteiger partial charge in [0.2, 0.25) is 5.91 Å². The number of likely N-dealkylation sites (N-methyl/N-ethyl adjacent to an activating group) is 1. The Morgan fingerprint density at radius 2 is 1.81 bits per heavy atom. The van der Waals surface area contributed by atoms with E-state index in [1.165, 1.54) is 25.7 Å². The molecule has 0 aromatic carbocycles. The third-order valence-electron chi connectivity index (χ3n) is 4.47. The number of nitrogens with one attached hydrogen (secondary N) is 1. The number of halogens is 1. The number of guanidine groups is 1. The second kappa shape index (κ2) is 8.80. The molecule has 1 heterocycles. The van der Waals surface area contributed by atoms with Crippen molar-refractivity contribution in [1.29, 1.82) is 0 Å². The summed E-state index contributed by atoms with van der Waals surface area (Å²) < 4.78 is 0. The monoisotopic (exact) mass is 408 g/mol. The van der Waals surface area contributed by atoms with E-state index in [1.54, 1.807) is 19.0 Å². The smallest absolute Gasteiger partial charge is 0.243 e. The summed E-state index contributed by atoms with van der Waals surface area (Å²) in [4.78, 5) is 20.2. The van der Waals surface area contributed by atoms with Crippen molar-refractivity contribution in [3.8, 4) is 0 Å². The van der Waals surface area contributed by atoms with Crippen LogP contribution in [-0.4, -0.2) is 61.9 Å². The number of fused-ring (bicyclic) bond motifs is 1. The first-order chi connectivity index (χ1) is 9.61. The molecule has 0 spiro atoms. The van der Waals surface area contributed by atoms with Crippen molar-refractivity contribution < 1.29 is 4.79 Å². The Balaban J connectivity index is 0.00000220. The number of hydrogen-bond donors (Lipinski definition) is 1. The van der Waals surface area contributed by atoms with Gasteiger partial charge in [-0.2, -0.15) is 0 Å². The third-order valence-corrected chi connectivity index (χ3v) is 4.47. The molecular weight excluding hydrogens is 379 g/mol. The number of hydrogen-bond acceptors (Lipinski definition) is 2. The van der Waals surface area contributed by atoms with Crippen molar-refractivity contribution >= 4 is 35.8 Å². The molecule has 2 atom stereocenters. The quantitative estimate of drug-likeness (QED) is 0.440. The van der Waals surface area contributed by atoms with Gasteiger partial charge in [-0.05, 0) is 31.6 Å². The number of carbonyl (C=O) groups is 1. The second-order valence-electron chi connectivity index (χ2n) is 6.17. The molecule has 1 saturated carbocycles. The van der Waals surface area contributed by atoms with E-state index >= 15 is 0 Å². The molecule has 2 aliphatic rings. The number of nitrogens with zero attached hydrogens (tertiary/aromatic N) is 3. The Morgan fingerprint density at radius 1 is 1.24 bits per heavy atom. The molecule has 1 aliphatic heterocycles. The number of aliphatic imine (C=N–C) groups is 1. The maximum Gasteiger partial charge on any atom is 0.243 e. The molecule has 2 unspecified atom stereocenters. The van der Waals surface area contributed by atoms with Crippen LogP contribution in [-0.2, 0) is 4.79 Å². The summed E-state index contributed by atoms with van der Waals surface area (Å²) >= 11 is 0. The van der Waals surface area contributed by atoms with E-state index in [0.29, 0.717) is 0 Å². The number of likely N-dealkylation sites (tertiary alicyclic amines) is 1. The van der Waals surface area contributed by atoms with Gasteiger partial charge in [-0.3, -0.25) is 4.79 Å². The van der Waals surface area contributed by atoms with Crippen LogP contribution in [0.1, 0.15) is 32.6 Å². The Labute approximate surface area is 145 Å². The molecule has 1 saturated heterocycles. The maximum atomic E-state index is 11.7. The largest absolute Gasteiger partial charge is 0.357 e. The minimum Gasteiger partial charge on any atom is -0.357 e. The molecular formula is C15H29IN4O. The van der Waals surface area contributed by atoms with Crippen LogP contribution in [0.3, 0.4) is 0 Å². The molecule has 122 valence electrons. The predicted octanol–water partition coefficient (Wildman–Crippen LogP) is 1.78. The highest BCUT2D eigenvalue weighted by molar-refractivity contribution is 14.0. The zero-order valence-corrected chi connectivity index (χ0v) is 15.8. The Morgan fingerprint density at radius 3 is 2.29 bits per heavy atom. The molecule has 0 radical (unpaired) electrons. The van der Waals surface area contributed by atoms with Gasteiger partial charge in [0.05, 0.1) is 0 Å². The lowest BCUT2D eigenvalue weighted by Gasteiger charge is -2.22. The highest BCUT2D eigenvalue weighted by Crippen LogP contribution is 2.35. The first kappa shape index (κ1) is 18.5. The zero-order chi connectivity index (χ0) is 14.5. The molecule has 5 nitrogen and oxygen atoms in total. The van der Waals surface area contributed by atoms with Crippen molar-refractivity contribution in [2.24, 2.45) is 16.8 Å². The van der Waals surface area contributed by atoms with Gasteiger partial charge in [0, 0.05) is 33.7 Å². The summed E-state index contributed by atoms with van der Waals surface area (Å²) in [5.74, 6) is 2.63. The first-order valence-electron chi connectivity index (χ1n) is 7.85. The van der Waals surface area contributed by atoms with Crippen LogP contribution in [0.4, 0.5) is 0 Å². The topological polar surface area (TPSA) is 47.9 Å². The van der Waals surface area contributed by atoms with E-state index in [0.717, 1.165) is 37.4 Å². The van der Waals surface area contributed by atoms with Crippen molar-refractivity contribution in [3.05, 3.63) is 0 Å². The van der Waals surface area contributed by atoms with Crippen LogP contribution in [0.5, 0.6) is 0 Å². The van der Waals surface area contributed by atoms with Crippen molar-refractivity contribution in [3.63, 3.8) is 0 Å². The molecule has 0 aromatic heterocycles. The normalized spacial score (nSPS) is 25.1. The zero-order valence-electron chi connectivity index (χ0n) is 13.5. The second-order valence-corrected chi connectivity index (χ2v) is 6.17. The molecule has 6 heteroatoms. The van der Waals surface area contributed by atoms with E-state index in [4.69, 9.17) is 0 Å². The Bertz CT molecular complexity index is 359. The van der Waals surface area contributed by atoms with Crippen LogP contribution in [0.25, 0.3) is 0 Å². The Kier molecular flexibility index (Phi) is 7.76. The van der Waals surface area contributed by atoms with E-state index in [2.05, 4.69) is 22.1 Å². The lowest BCUT2D eigenvalue weighted by molar-refractivity contribution is -0.127. The molecule has 21 heavy (non-hydrogen) atoms. The van der Waals surface area contributed by atoms with Crippen molar-refractivity contribution in [2.45, 2.75) is 32.6 Å². The lowest BCUT2D eigenvalue weighted by Crippen LogP contribution is -2.41. The fourth-order valence-electron chi connectivity index (χ4n) is 3.29. The summed E-state index contributed by atoms with van der Waals surface area (Å²) in [6.07, 6.45) is 5.47. The van der Waals surface area contributed by atoms with Gasteiger partial charge in [0.1, 0.15) is 6.54 Å². The predicted molar refractivity (Wildman–Crippen MR) is 97.1 cm³/mol. The molecule has 1 N–H and O–H groups in total. The SMILES string of the molecule is CCNC(=NCC(=O)N(C)C)N1CC2CCCCC2C1.I. The molecule has 2 rings (SSSR count). The van der Waals surface area contributed by atoms with Crippen molar-refractivity contribution in [1.82, 2.24) is 15.1 Å². The van der Waals surface area contributed by atoms with Crippen molar-refractivity contribution in [2.75, 3.05) is 40.3 Å². The number of amides is 1. The fourth-order valence-corrected chi connectivity index (χ4v) is 3.29. The Hall–Kier alpha value is -0.530. The van der Waals surface area contributed by atoms with E-state index in [1.807, 2.05) is 0 Å². The lowest BCUT2D eigenvalue weighted by atomic mass is 9.82. The third kappa shape index (κ3) is 5.00. The van der Waals surface area contributed by atoms with Gasteiger partial charge in [-0.15, -0.1) is 24.0 Å². The highest BCUT2D eigenvalue weighted by atomic mass is 127. The van der Waals surface area contributed by atoms with Crippen LogP contribution in [0.15, 0.2) is 4.99 Å². The molecule has 1 amide bonds. The minimum atomic E-state index is 0. The van der Waals surface area contributed by atoms with E-state index in [9.17, 15) is 4.79 Å². The molecule has 1 aliphatic carbocycles. The highest BCUT2D eigenvalue weighted by Gasteiger charge is 2.35. The van der Waals surface area contributed by atoms with Gasteiger partial charge in [0.25, 0.3) is 0 Å². The maximum absolute atomic E-state index is 11.7. The average Bonchev–Trinajstić information content (AvgIpc) is 2.86. The summed E-state index contributed by atoms with van der Waals surface area (Å²) in [7, 11) is 3.55.